The molecule has 18 heavy (non-hydrogen) atoms. The fourth-order valence-electron chi connectivity index (χ4n) is 2.53. The van der Waals surface area contributed by atoms with Crippen molar-refractivity contribution in [2.24, 2.45) is 11.8 Å². The summed E-state index contributed by atoms with van der Waals surface area (Å²) in [6.07, 6.45) is 6.30. The largest absolute Gasteiger partial charge is 0.440 e. The van der Waals surface area contributed by atoms with Gasteiger partial charge in [-0.15, -0.1) is 0 Å². The van der Waals surface area contributed by atoms with Gasteiger partial charge in [0.05, 0.1) is 0 Å². The lowest BCUT2D eigenvalue weighted by molar-refractivity contribution is 0.0922. The van der Waals surface area contributed by atoms with Gasteiger partial charge in [-0.05, 0) is 42.0 Å². The average Bonchev–Trinajstić information content (AvgIpc) is 2.78. The topological polar surface area (TPSA) is 42.2 Å². The zero-order valence-corrected chi connectivity index (χ0v) is 11.5. The third-order valence-electron chi connectivity index (χ3n) is 3.77. The van der Waals surface area contributed by atoms with Crippen molar-refractivity contribution >= 4 is 17.5 Å². The molecule has 1 aromatic rings. The van der Waals surface area contributed by atoms with Crippen molar-refractivity contribution in [3.8, 4) is 0 Å². The first kappa shape index (κ1) is 13.5. The first-order chi connectivity index (χ1) is 8.65. The molecule has 1 aromatic heterocycles. The SMILES string of the molecule is CC1CCC(CCNC(=O)c2ccc(Cl)o2)CC1. The molecule has 1 aliphatic carbocycles. The van der Waals surface area contributed by atoms with Gasteiger partial charge in [-0.25, -0.2) is 0 Å². The Morgan fingerprint density at radius 2 is 2.11 bits per heavy atom. The molecule has 3 nitrogen and oxygen atoms in total. The number of nitrogens with one attached hydrogen (secondary N) is 1. The number of carbonyl (C=O) groups is 1. The predicted octanol–water partition coefficient (Wildman–Crippen LogP) is 3.88. The number of carbonyl (C=O) groups excluding carboxylic acids is 1. The maximum absolute atomic E-state index is 11.7. The second kappa shape index (κ2) is 6.28. The monoisotopic (exact) mass is 269 g/mol. The van der Waals surface area contributed by atoms with Crippen LogP contribution in [0.5, 0.6) is 0 Å². The molecule has 1 amide bonds. The molecule has 1 aliphatic rings. The fourth-order valence-corrected chi connectivity index (χ4v) is 2.68. The molecule has 0 aromatic carbocycles. The zero-order chi connectivity index (χ0) is 13.0. The highest BCUT2D eigenvalue weighted by Gasteiger charge is 2.18. The van der Waals surface area contributed by atoms with Crippen LogP contribution in [0.2, 0.25) is 5.22 Å². The van der Waals surface area contributed by atoms with E-state index >= 15 is 0 Å². The van der Waals surface area contributed by atoms with E-state index in [-0.39, 0.29) is 16.9 Å². The van der Waals surface area contributed by atoms with Gasteiger partial charge < -0.3 is 9.73 Å². The highest BCUT2D eigenvalue weighted by Crippen LogP contribution is 2.29. The number of furan rings is 1. The molecular formula is C14H20ClNO2. The summed E-state index contributed by atoms with van der Waals surface area (Å²) >= 11 is 5.63. The smallest absolute Gasteiger partial charge is 0.287 e. The summed E-state index contributed by atoms with van der Waals surface area (Å²) in [6.45, 7) is 3.04. The first-order valence-corrected chi connectivity index (χ1v) is 7.06. The predicted molar refractivity (Wildman–Crippen MR) is 71.8 cm³/mol. The summed E-state index contributed by atoms with van der Waals surface area (Å²) in [5.41, 5.74) is 0. The van der Waals surface area contributed by atoms with E-state index in [0.717, 1.165) is 24.8 Å². The first-order valence-electron chi connectivity index (χ1n) is 6.68. The Labute approximate surface area is 113 Å². The van der Waals surface area contributed by atoms with Crippen molar-refractivity contribution in [3.63, 3.8) is 0 Å². The summed E-state index contributed by atoms with van der Waals surface area (Å²) in [6, 6.07) is 3.18. The molecule has 0 bridgehead atoms. The van der Waals surface area contributed by atoms with Crippen molar-refractivity contribution in [1.29, 1.82) is 0 Å². The van der Waals surface area contributed by atoms with Crippen LogP contribution in [0.25, 0.3) is 0 Å². The van der Waals surface area contributed by atoms with E-state index in [9.17, 15) is 4.79 Å². The van der Waals surface area contributed by atoms with Crippen LogP contribution in [0.1, 0.15) is 49.6 Å². The van der Waals surface area contributed by atoms with Crippen LogP contribution in [-0.4, -0.2) is 12.5 Å². The summed E-state index contributed by atoms with van der Waals surface area (Å²) in [4.78, 5) is 11.7. The minimum atomic E-state index is -0.175. The number of hydrogen-bond acceptors (Lipinski definition) is 2. The second-order valence-electron chi connectivity index (χ2n) is 5.27. The molecule has 0 spiro atoms. The van der Waals surface area contributed by atoms with Crippen LogP contribution >= 0.6 is 11.6 Å². The van der Waals surface area contributed by atoms with E-state index in [1.807, 2.05) is 0 Å². The van der Waals surface area contributed by atoms with Gasteiger partial charge in [0, 0.05) is 6.54 Å². The summed E-state index contributed by atoms with van der Waals surface area (Å²) in [7, 11) is 0. The molecule has 0 radical (unpaired) electrons. The molecular weight excluding hydrogens is 250 g/mol. The van der Waals surface area contributed by atoms with E-state index in [4.69, 9.17) is 16.0 Å². The molecule has 0 unspecified atom stereocenters. The van der Waals surface area contributed by atoms with Crippen LogP contribution in [0.4, 0.5) is 0 Å². The Morgan fingerprint density at radius 1 is 1.39 bits per heavy atom. The van der Waals surface area contributed by atoms with Crippen LogP contribution in [0.15, 0.2) is 16.5 Å². The molecule has 4 heteroatoms. The minimum Gasteiger partial charge on any atom is -0.440 e. The van der Waals surface area contributed by atoms with Gasteiger partial charge >= 0.3 is 0 Å². The molecule has 0 atom stereocenters. The zero-order valence-electron chi connectivity index (χ0n) is 10.7. The summed E-state index contributed by atoms with van der Waals surface area (Å²) in [5, 5.41) is 3.13. The molecule has 1 N–H and O–H groups in total. The van der Waals surface area contributed by atoms with Crippen molar-refractivity contribution in [2.75, 3.05) is 6.54 Å². The molecule has 2 rings (SSSR count). The van der Waals surface area contributed by atoms with Crippen molar-refractivity contribution in [1.82, 2.24) is 5.32 Å². The second-order valence-corrected chi connectivity index (χ2v) is 5.65. The van der Waals surface area contributed by atoms with E-state index in [1.165, 1.54) is 25.7 Å². The van der Waals surface area contributed by atoms with Crippen molar-refractivity contribution in [3.05, 3.63) is 23.1 Å². The number of hydrogen-bond donors (Lipinski definition) is 1. The van der Waals surface area contributed by atoms with Crippen LogP contribution in [0, 0.1) is 11.8 Å². The Kier molecular flexibility index (Phi) is 4.70. The third kappa shape index (κ3) is 3.77. The Bertz CT molecular complexity index is 394. The van der Waals surface area contributed by atoms with Gasteiger partial charge in [0.15, 0.2) is 11.0 Å². The molecule has 0 saturated heterocycles. The maximum Gasteiger partial charge on any atom is 0.287 e. The lowest BCUT2D eigenvalue weighted by Crippen LogP contribution is -2.26. The normalized spacial score (nSPS) is 23.9. The quantitative estimate of drug-likeness (QED) is 0.901. The van der Waals surface area contributed by atoms with Gasteiger partial charge in [0.25, 0.3) is 5.91 Å². The lowest BCUT2D eigenvalue weighted by Gasteiger charge is -2.25. The molecule has 1 saturated carbocycles. The number of amides is 1. The van der Waals surface area contributed by atoms with E-state index in [1.54, 1.807) is 12.1 Å². The standard InChI is InChI=1S/C14H20ClNO2/c1-10-2-4-11(5-3-10)8-9-16-14(17)12-6-7-13(15)18-12/h6-7,10-11H,2-5,8-9H2,1H3,(H,16,17). The molecule has 1 fully saturated rings. The van der Waals surface area contributed by atoms with Gasteiger partial charge in [-0.1, -0.05) is 32.6 Å². The fraction of sp³-hybridized carbons (Fsp3) is 0.643. The van der Waals surface area contributed by atoms with E-state index in [0.29, 0.717) is 0 Å². The van der Waals surface area contributed by atoms with Gasteiger partial charge in [0.1, 0.15) is 0 Å². The number of halogens is 1. The maximum atomic E-state index is 11.7. The molecule has 100 valence electrons. The van der Waals surface area contributed by atoms with Crippen molar-refractivity contribution < 1.29 is 9.21 Å². The van der Waals surface area contributed by atoms with Crippen molar-refractivity contribution in [2.45, 2.75) is 39.0 Å². The Morgan fingerprint density at radius 3 is 2.72 bits per heavy atom. The van der Waals surface area contributed by atoms with Gasteiger partial charge in [0.2, 0.25) is 0 Å². The molecule has 0 aliphatic heterocycles. The van der Waals surface area contributed by atoms with Crippen LogP contribution in [-0.2, 0) is 0 Å². The van der Waals surface area contributed by atoms with Gasteiger partial charge in [-0.3, -0.25) is 4.79 Å². The lowest BCUT2D eigenvalue weighted by atomic mass is 9.81. The Balaban J connectivity index is 1.67. The molecule has 1 heterocycles. The van der Waals surface area contributed by atoms with Crippen LogP contribution in [0.3, 0.4) is 0 Å². The Hall–Kier alpha value is -0.960. The summed E-state index contributed by atoms with van der Waals surface area (Å²) in [5.74, 6) is 1.76. The highest BCUT2D eigenvalue weighted by molar-refractivity contribution is 6.29. The third-order valence-corrected chi connectivity index (χ3v) is 3.97. The van der Waals surface area contributed by atoms with Crippen LogP contribution < -0.4 is 5.32 Å². The van der Waals surface area contributed by atoms with Gasteiger partial charge in [-0.2, -0.15) is 0 Å². The average molecular weight is 270 g/mol. The highest BCUT2D eigenvalue weighted by atomic mass is 35.5. The van der Waals surface area contributed by atoms with E-state index in [2.05, 4.69) is 12.2 Å². The summed E-state index contributed by atoms with van der Waals surface area (Å²) < 4.78 is 5.06. The van der Waals surface area contributed by atoms with E-state index < -0.39 is 0 Å². The minimum absolute atomic E-state index is 0.175. The number of rotatable bonds is 4.